The summed E-state index contributed by atoms with van der Waals surface area (Å²) in [7, 11) is 0. The molecule has 1 aliphatic heterocycles. The summed E-state index contributed by atoms with van der Waals surface area (Å²) in [5.74, 6) is 0. The van der Waals surface area contributed by atoms with Crippen molar-refractivity contribution in [1.82, 2.24) is 0 Å². The molecule has 0 amide bonds. The minimum Gasteiger partial charge on any atom is -0.394 e. The number of alkyl halides is 1. The van der Waals surface area contributed by atoms with Crippen LogP contribution in [-0.2, 0) is 4.74 Å². The Morgan fingerprint density at radius 3 is 2.80 bits per heavy atom. The highest BCUT2D eigenvalue weighted by molar-refractivity contribution is 4.77. The zero-order chi connectivity index (χ0) is 7.56. The van der Waals surface area contributed by atoms with Crippen LogP contribution in [0.25, 0.3) is 0 Å². The van der Waals surface area contributed by atoms with E-state index in [-0.39, 0.29) is 19.6 Å². The lowest BCUT2D eigenvalue weighted by molar-refractivity contribution is -0.120. The van der Waals surface area contributed by atoms with Crippen molar-refractivity contribution in [1.29, 1.82) is 0 Å². The van der Waals surface area contributed by atoms with Gasteiger partial charge in [0.1, 0.15) is 12.3 Å². The standard InChI is InChI=1S/C6H11FO3/c7-4-1-5(9)6(2-8)10-3-4/h4-6,8-9H,1-3H2/t4-,5+,6-/m1/s1. The highest BCUT2D eigenvalue weighted by Gasteiger charge is 2.28. The third-order valence-corrected chi connectivity index (χ3v) is 1.60. The molecule has 0 aromatic carbocycles. The number of hydrogen-bond donors (Lipinski definition) is 2. The smallest absolute Gasteiger partial charge is 0.126 e. The molecule has 3 nitrogen and oxygen atoms in total. The third kappa shape index (κ3) is 1.65. The first-order valence-corrected chi connectivity index (χ1v) is 3.28. The Balaban J connectivity index is 2.36. The molecule has 1 rings (SSSR count). The Morgan fingerprint density at radius 1 is 1.60 bits per heavy atom. The van der Waals surface area contributed by atoms with E-state index in [1.165, 1.54) is 0 Å². The lowest BCUT2D eigenvalue weighted by Crippen LogP contribution is -2.41. The van der Waals surface area contributed by atoms with Crippen LogP contribution in [-0.4, -0.2) is 41.8 Å². The van der Waals surface area contributed by atoms with Gasteiger partial charge in [-0.25, -0.2) is 4.39 Å². The molecule has 3 atom stereocenters. The lowest BCUT2D eigenvalue weighted by atomic mass is 10.1. The van der Waals surface area contributed by atoms with Crippen molar-refractivity contribution >= 4 is 0 Å². The van der Waals surface area contributed by atoms with Gasteiger partial charge in [-0.1, -0.05) is 0 Å². The molecule has 10 heavy (non-hydrogen) atoms. The van der Waals surface area contributed by atoms with E-state index in [4.69, 9.17) is 14.9 Å². The van der Waals surface area contributed by atoms with E-state index in [1.54, 1.807) is 0 Å². The zero-order valence-corrected chi connectivity index (χ0v) is 5.53. The van der Waals surface area contributed by atoms with Gasteiger partial charge >= 0.3 is 0 Å². The lowest BCUT2D eigenvalue weighted by Gasteiger charge is -2.28. The van der Waals surface area contributed by atoms with Crippen molar-refractivity contribution in [3.8, 4) is 0 Å². The van der Waals surface area contributed by atoms with Gasteiger partial charge in [0.15, 0.2) is 0 Å². The molecule has 0 aromatic heterocycles. The van der Waals surface area contributed by atoms with E-state index in [0.29, 0.717) is 0 Å². The second kappa shape index (κ2) is 3.27. The normalized spacial score (nSPS) is 41.7. The maximum absolute atomic E-state index is 12.4. The second-order valence-corrected chi connectivity index (χ2v) is 2.45. The second-order valence-electron chi connectivity index (χ2n) is 2.45. The fraction of sp³-hybridized carbons (Fsp3) is 1.00. The summed E-state index contributed by atoms with van der Waals surface area (Å²) in [6, 6.07) is 0. The highest BCUT2D eigenvalue weighted by Crippen LogP contribution is 2.15. The Hall–Kier alpha value is -0.190. The van der Waals surface area contributed by atoms with Crippen molar-refractivity contribution in [2.45, 2.75) is 24.8 Å². The van der Waals surface area contributed by atoms with Crippen molar-refractivity contribution in [3.63, 3.8) is 0 Å². The number of rotatable bonds is 1. The first-order chi connectivity index (χ1) is 4.74. The monoisotopic (exact) mass is 150 g/mol. The van der Waals surface area contributed by atoms with E-state index < -0.39 is 18.4 Å². The molecule has 0 spiro atoms. The minimum atomic E-state index is -1.09. The van der Waals surface area contributed by atoms with E-state index in [2.05, 4.69) is 0 Å². The molecule has 0 bridgehead atoms. The molecular formula is C6H11FO3. The van der Waals surface area contributed by atoms with Gasteiger partial charge in [-0.05, 0) is 0 Å². The number of halogens is 1. The summed E-state index contributed by atoms with van der Waals surface area (Å²) in [5, 5.41) is 17.6. The summed E-state index contributed by atoms with van der Waals surface area (Å²) in [6.07, 6.45) is -2.45. The molecule has 4 heteroatoms. The Labute approximate surface area is 58.4 Å². The first-order valence-electron chi connectivity index (χ1n) is 3.28. The van der Waals surface area contributed by atoms with Gasteiger partial charge in [0.25, 0.3) is 0 Å². The molecule has 0 aliphatic carbocycles. The number of aliphatic hydroxyl groups excluding tert-OH is 2. The van der Waals surface area contributed by atoms with Crippen molar-refractivity contribution in [3.05, 3.63) is 0 Å². The molecule has 1 heterocycles. The third-order valence-electron chi connectivity index (χ3n) is 1.60. The molecule has 0 radical (unpaired) electrons. The largest absolute Gasteiger partial charge is 0.394 e. The van der Waals surface area contributed by atoms with Gasteiger partial charge in [0.2, 0.25) is 0 Å². The molecule has 0 saturated carbocycles. The topological polar surface area (TPSA) is 49.7 Å². The maximum Gasteiger partial charge on any atom is 0.126 e. The van der Waals surface area contributed by atoms with Gasteiger partial charge in [-0.15, -0.1) is 0 Å². The summed E-state index contributed by atoms with van der Waals surface area (Å²) in [4.78, 5) is 0. The van der Waals surface area contributed by atoms with Crippen LogP contribution in [0.5, 0.6) is 0 Å². The van der Waals surface area contributed by atoms with E-state index in [9.17, 15) is 4.39 Å². The van der Waals surface area contributed by atoms with E-state index in [0.717, 1.165) is 0 Å². The quantitative estimate of drug-likeness (QED) is 0.528. The fourth-order valence-electron chi connectivity index (χ4n) is 0.995. The van der Waals surface area contributed by atoms with Crippen LogP contribution in [0.1, 0.15) is 6.42 Å². The zero-order valence-electron chi connectivity index (χ0n) is 5.53. The SMILES string of the molecule is OC[C@H]1OC[C@H](F)C[C@@H]1O. The summed E-state index contributed by atoms with van der Waals surface area (Å²) >= 11 is 0. The fourth-order valence-corrected chi connectivity index (χ4v) is 0.995. The average Bonchev–Trinajstić information content (AvgIpc) is 1.88. The van der Waals surface area contributed by atoms with Gasteiger partial charge < -0.3 is 14.9 Å². The predicted octanol–water partition coefficient (Wildman–Crippen LogP) is -0.533. The Bertz CT molecular complexity index is 109. The molecule has 0 unspecified atom stereocenters. The van der Waals surface area contributed by atoms with Crippen molar-refractivity contribution in [2.75, 3.05) is 13.2 Å². The average molecular weight is 150 g/mol. The number of hydrogen-bond acceptors (Lipinski definition) is 3. The highest BCUT2D eigenvalue weighted by atomic mass is 19.1. The first kappa shape index (κ1) is 7.91. The van der Waals surface area contributed by atoms with Crippen molar-refractivity contribution < 1.29 is 19.3 Å². The van der Waals surface area contributed by atoms with Crippen LogP contribution >= 0.6 is 0 Å². The Morgan fingerprint density at radius 2 is 2.30 bits per heavy atom. The molecular weight excluding hydrogens is 139 g/mol. The summed E-state index contributed by atoms with van der Waals surface area (Å²) in [5.41, 5.74) is 0. The molecule has 1 aliphatic rings. The molecule has 2 N–H and O–H groups in total. The van der Waals surface area contributed by atoms with Crippen LogP contribution in [0.2, 0.25) is 0 Å². The Kier molecular flexibility index (Phi) is 2.59. The minimum absolute atomic E-state index is 0.0116. The van der Waals surface area contributed by atoms with E-state index in [1.807, 2.05) is 0 Å². The number of aliphatic hydroxyl groups is 2. The van der Waals surface area contributed by atoms with Gasteiger partial charge in [-0.2, -0.15) is 0 Å². The van der Waals surface area contributed by atoms with E-state index >= 15 is 0 Å². The summed E-state index contributed by atoms with van der Waals surface area (Å²) < 4.78 is 17.2. The van der Waals surface area contributed by atoms with Gasteiger partial charge in [0.05, 0.1) is 19.3 Å². The predicted molar refractivity (Wildman–Crippen MR) is 32.3 cm³/mol. The molecule has 1 fully saturated rings. The van der Waals surface area contributed by atoms with Gasteiger partial charge in [-0.3, -0.25) is 0 Å². The van der Waals surface area contributed by atoms with Crippen LogP contribution in [0, 0.1) is 0 Å². The van der Waals surface area contributed by atoms with Crippen LogP contribution in [0.15, 0.2) is 0 Å². The van der Waals surface area contributed by atoms with Gasteiger partial charge in [0, 0.05) is 6.42 Å². The van der Waals surface area contributed by atoms with Crippen LogP contribution in [0.3, 0.4) is 0 Å². The summed E-state index contributed by atoms with van der Waals surface area (Å²) in [6.45, 7) is -0.254. The molecule has 0 aromatic rings. The number of ether oxygens (including phenoxy) is 1. The molecule has 1 saturated heterocycles. The maximum atomic E-state index is 12.4. The van der Waals surface area contributed by atoms with Crippen LogP contribution < -0.4 is 0 Å². The van der Waals surface area contributed by atoms with Crippen molar-refractivity contribution in [2.24, 2.45) is 0 Å². The van der Waals surface area contributed by atoms with Crippen LogP contribution in [0.4, 0.5) is 4.39 Å². The molecule has 60 valence electrons.